The number of thiophene rings is 1. The zero-order chi connectivity index (χ0) is 27.1. The van der Waals surface area contributed by atoms with E-state index < -0.39 is 0 Å². The van der Waals surface area contributed by atoms with Crippen molar-refractivity contribution in [3.63, 3.8) is 0 Å². The van der Waals surface area contributed by atoms with E-state index in [-0.39, 0.29) is 0 Å². The summed E-state index contributed by atoms with van der Waals surface area (Å²) < 4.78 is 0. The van der Waals surface area contributed by atoms with Crippen LogP contribution in [0.4, 0.5) is 17.1 Å². The molecule has 194 valence electrons. The first kappa shape index (κ1) is 24.6. The third-order valence-electron chi connectivity index (χ3n) is 8.19. The molecule has 0 bridgehead atoms. The molecule has 0 N–H and O–H groups in total. The molecule has 5 aromatic carbocycles. The third-order valence-corrected chi connectivity index (χ3v) is 9.37. The molecule has 0 amide bonds. The maximum atomic E-state index is 2.41. The average Bonchev–Trinajstić information content (AvgIpc) is 3.48. The van der Waals surface area contributed by atoms with Crippen LogP contribution in [0.25, 0.3) is 43.1 Å². The first-order valence-electron chi connectivity index (χ1n) is 14.1. The van der Waals surface area contributed by atoms with E-state index in [0.29, 0.717) is 5.92 Å². The Balaban J connectivity index is 1.26. The van der Waals surface area contributed by atoms with Crippen molar-refractivity contribution in [2.75, 3.05) is 4.90 Å². The van der Waals surface area contributed by atoms with Crippen LogP contribution in [-0.4, -0.2) is 0 Å². The molecule has 0 spiro atoms. The Morgan fingerprint density at radius 3 is 1.48 bits per heavy atom. The third kappa shape index (κ3) is 4.26. The van der Waals surface area contributed by atoms with Gasteiger partial charge >= 0.3 is 0 Å². The minimum atomic E-state index is 0.601. The largest absolute Gasteiger partial charge is 0.309 e. The Morgan fingerprint density at radius 1 is 0.525 bits per heavy atom. The second-order valence-corrected chi connectivity index (χ2v) is 11.6. The molecular weight excluding hydrogens is 502 g/mol. The summed E-state index contributed by atoms with van der Waals surface area (Å²) in [6, 6.07) is 48.9. The molecule has 6 aromatic rings. The van der Waals surface area contributed by atoms with E-state index in [2.05, 4.69) is 152 Å². The minimum absolute atomic E-state index is 0.601. The summed E-state index contributed by atoms with van der Waals surface area (Å²) in [5.41, 5.74) is 12.6. The molecule has 1 atom stereocenters. The average molecular weight is 534 g/mol. The fraction of sp³-hybridized carbons (Fsp3) is 0.105. The molecule has 0 saturated heterocycles. The van der Waals surface area contributed by atoms with Crippen LogP contribution in [0.1, 0.15) is 31.7 Å². The summed E-state index contributed by atoms with van der Waals surface area (Å²) in [6.45, 7) is 4.54. The zero-order valence-corrected chi connectivity index (χ0v) is 23.7. The quantitative estimate of drug-likeness (QED) is 0.213. The molecule has 1 aliphatic rings. The van der Waals surface area contributed by atoms with Crippen molar-refractivity contribution in [1.29, 1.82) is 0 Å². The first-order valence-corrected chi connectivity index (χ1v) is 14.9. The summed E-state index contributed by atoms with van der Waals surface area (Å²) in [4.78, 5) is 5.01. The van der Waals surface area contributed by atoms with Crippen LogP contribution >= 0.6 is 11.3 Å². The summed E-state index contributed by atoms with van der Waals surface area (Å²) in [5, 5.41) is 0. The summed E-state index contributed by atoms with van der Waals surface area (Å²) in [7, 11) is 0. The van der Waals surface area contributed by atoms with Crippen LogP contribution < -0.4 is 4.90 Å². The number of hydrogen-bond acceptors (Lipinski definition) is 2. The topological polar surface area (TPSA) is 3.24 Å². The summed E-state index contributed by atoms with van der Waals surface area (Å²) in [5.74, 6) is 0.601. The van der Waals surface area contributed by atoms with Crippen LogP contribution in [-0.2, 0) is 0 Å². The van der Waals surface area contributed by atoms with E-state index in [1.54, 1.807) is 0 Å². The van der Waals surface area contributed by atoms with E-state index in [1.807, 2.05) is 11.3 Å². The van der Waals surface area contributed by atoms with E-state index in [9.17, 15) is 0 Å². The normalized spacial score (nSPS) is 12.7. The van der Waals surface area contributed by atoms with Crippen LogP contribution in [0.2, 0.25) is 0 Å². The molecule has 0 fully saturated rings. The molecule has 0 radical (unpaired) electrons. The Kier molecular flexibility index (Phi) is 6.34. The van der Waals surface area contributed by atoms with Crippen molar-refractivity contribution < 1.29 is 0 Å². The van der Waals surface area contributed by atoms with Crippen molar-refractivity contribution in [3.05, 3.63) is 139 Å². The molecule has 1 nitrogen and oxygen atoms in total. The summed E-state index contributed by atoms with van der Waals surface area (Å²) in [6.07, 6.45) is 1.17. The lowest BCUT2D eigenvalue weighted by atomic mass is 9.95. The molecule has 1 unspecified atom stereocenters. The van der Waals surface area contributed by atoms with Gasteiger partial charge in [-0.2, -0.15) is 0 Å². The van der Waals surface area contributed by atoms with E-state index >= 15 is 0 Å². The summed E-state index contributed by atoms with van der Waals surface area (Å²) >= 11 is 1.86. The minimum Gasteiger partial charge on any atom is -0.309 e. The lowest BCUT2D eigenvalue weighted by Crippen LogP contribution is -2.10. The van der Waals surface area contributed by atoms with Gasteiger partial charge in [-0.25, -0.2) is 0 Å². The fourth-order valence-electron chi connectivity index (χ4n) is 5.79. The lowest BCUT2D eigenvalue weighted by Gasteiger charge is -2.27. The molecule has 2 heterocycles. The van der Waals surface area contributed by atoms with Gasteiger partial charge in [-0.3, -0.25) is 0 Å². The number of anilines is 3. The van der Waals surface area contributed by atoms with Crippen molar-refractivity contribution in [3.8, 4) is 43.1 Å². The van der Waals surface area contributed by atoms with Gasteiger partial charge < -0.3 is 4.90 Å². The van der Waals surface area contributed by atoms with Crippen LogP contribution in [0, 0.1) is 0 Å². The Morgan fingerprint density at radius 2 is 0.975 bits per heavy atom. The Bertz CT molecular complexity index is 1730. The maximum absolute atomic E-state index is 2.41. The zero-order valence-electron chi connectivity index (χ0n) is 22.8. The highest BCUT2D eigenvalue weighted by atomic mass is 32.1. The van der Waals surface area contributed by atoms with Crippen LogP contribution in [0.3, 0.4) is 0 Å². The number of hydrogen-bond donors (Lipinski definition) is 0. The van der Waals surface area contributed by atoms with Crippen molar-refractivity contribution >= 4 is 28.4 Å². The standard InChI is InChI=1S/C38H31NS/c1-3-26(2)27-16-18-28(19-17-27)37-24-25-38(40-37)29-20-22-30(23-21-29)39-35-14-8-6-12-33(35)31-10-4-5-11-32(31)34-13-7-9-15-36(34)39/h4-26H,3H2,1-2H3. The molecule has 1 aromatic heterocycles. The van der Waals surface area contributed by atoms with E-state index in [0.717, 1.165) is 5.69 Å². The predicted octanol–water partition coefficient (Wildman–Crippen LogP) is 11.7. The number of nitrogens with zero attached hydrogens (tertiary/aromatic N) is 1. The van der Waals surface area contributed by atoms with E-state index in [1.165, 1.54) is 66.5 Å². The smallest absolute Gasteiger partial charge is 0.0540 e. The maximum Gasteiger partial charge on any atom is 0.0540 e. The highest BCUT2D eigenvalue weighted by Gasteiger charge is 2.25. The van der Waals surface area contributed by atoms with Gasteiger partial charge in [0.25, 0.3) is 0 Å². The Labute approximate surface area is 241 Å². The van der Waals surface area contributed by atoms with Gasteiger partial charge in [0, 0.05) is 26.6 Å². The molecule has 0 saturated carbocycles. The van der Waals surface area contributed by atoms with Gasteiger partial charge in [-0.1, -0.05) is 111 Å². The van der Waals surface area contributed by atoms with Crippen molar-refractivity contribution in [2.24, 2.45) is 0 Å². The second kappa shape index (κ2) is 10.3. The molecule has 1 aliphatic heterocycles. The monoisotopic (exact) mass is 533 g/mol. The highest BCUT2D eigenvalue weighted by Crippen LogP contribution is 2.50. The van der Waals surface area contributed by atoms with E-state index in [4.69, 9.17) is 0 Å². The highest BCUT2D eigenvalue weighted by molar-refractivity contribution is 7.18. The molecule has 2 heteroatoms. The predicted molar refractivity (Wildman–Crippen MR) is 173 cm³/mol. The molecule has 0 aliphatic carbocycles. The SMILES string of the molecule is CCC(C)c1ccc(-c2ccc(-c3ccc(N4c5ccccc5-c5ccccc5-c5ccccc54)cc3)s2)cc1. The fourth-order valence-corrected chi connectivity index (χ4v) is 6.81. The second-order valence-electron chi connectivity index (χ2n) is 10.6. The number of para-hydroxylation sites is 2. The van der Waals surface area contributed by atoms with Crippen LogP contribution in [0.15, 0.2) is 133 Å². The van der Waals surface area contributed by atoms with Gasteiger partial charge in [-0.15, -0.1) is 11.3 Å². The van der Waals surface area contributed by atoms with Crippen molar-refractivity contribution in [1.82, 2.24) is 0 Å². The van der Waals surface area contributed by atoms with Gasteiger partial charge in [0.1, 0.15) is 0 Å². The van der Waals surface area contributed by atoms with Crippen molar-refractivity contribution in [2.45, 2.75) is 26.2 Å². The lowest BCUT2D eigenvalue weighted by molar-refractivity contribution is 0.734. The number of rotatable bonds is 5. The Hall–Kier alpha value is -4.40. The number of fused-ring (bicyclic) bond motifs is 5. The molecule has 40 heavy (non-hydrogen) atoms. The molecular formula is C38H31NS. The number of benzene rings is 5. The van der Waals surface area contributed by atoms with Gasteiger partial charge in [0.05, 0.1) is 11.4 Å². The molecule has 7 rings (SSSR count). The van der Waals surface area contributed by atoms with Gasteiger partial charge in [0.15, 0.2) is 0 Å². The van der Waals surface area contributed by atoms with Crippen LogP contribution in [0.5, 0.6) is 0 Å². The first-order chi connectivity index (χ1) is 19.7. The van der Waals surface area contributed by atoms with Gasteiger partial charge in [0.2, 0.25) is 0 Å². The van der Waals surface area contributed by atoms with Gasteiger partial charge in [-0.05, 0) is 76.6 Å².